The number of carbonyl (C=O) groups is 1. The molecule has 0 bridgehead atoms. The van der Waals surface area contributed by atoms with Crippen molar-refractivity contribution < 1.29 is 4.79 Å². The predicted octanol–water partition coefficient (Wildman–Crippen LogP) is 1.55. The van der Waals surface area contributed by atoms with E-state index in [2.05, 4.69) is 44.5 Å². The van der Waals surface area contributed by atoms with Gasteiger partial charge in [0.15, 0.2) is 0 Å². The van der Waals surface area contributed by atoms with Crippen LogP contribution >= 0.6 is 0 Å². The Hall–Kier alpha value is -2.51. The molecule has 2 rings (SSSR count). The average Bonchev–Trinajstić information content (AvgIpc) is 2.93. The Balaban J connectivity index is 2.12. The summed E-state index contributed by atoms with van der Waals surface area (Å²) in [7, 11) is 1.82. The Morgan fingerprint density at radius 2 is 1.96 bits per heavy atom. The maximum absolute atomic E-state index is 12.4. The van der Waals surface area contributed by atoms with Gasteiger partial charge in [0.2, 0.25) is 5.95 Å². The number of rotatable bonds is 7. The van der Waals surface area contributed by atoms with Gasteiger partial charge in [0.1, 0.15) is 12.2 Å². The summed E-state index contributed by atoms with van der Waals surface area (Å²) in [6, 6.07) is -0.205. The van der Waals surface area contributed by atoms with Gasteiger partial charge < -0.3 is 10.6 Å². The predicted molar refractivity (Wildman–Crippen MR) is 86.9 cm³/mol. The first kappa shape index (κ1) is 16.9. The van der Waals surface area contributed by atoms with Crippen molar-refractivity contribution in [1.82, 2.24) is 30.0 Å². The highest BCUT2D eigenvalue weighted by molar-refractivity contribution is 5.93. The molecule has 0 saturated heterocycles. The number of aryl methyl sites for hydroxylation is 1. The van der Waals surface area contributed by atoms with Crippen molar-refractivity contribution in [3.05, 3.63) is 30.1 Å². The summed E-state index contributed by atoms with van der Waals surface area (Å²) in [5.74, 6) is 1.43. The molecular weight excluding hydrogens is 294 g/mol. The third kappa shape index (κ3) is 4.48. The van der Waals surface area contributed by atoms with Gasteiger partial charge in [0, 0.05) is 26.0 Å². The second kappa shape index (κ2) is 7.66. The van der Waals surface area contributed by atoms with E-state index in [1.165, 1.54) is 18.7 Å². The van der Waals surface area contributed by atoms with Crippen LogP contribution in [0.4, 0.5) is 5.95 Å². The van der Waals surface area contributed by atoms with Gasteiger partial charge in [-0.2, -0.15) is 5.10 Å². The van der Waals surface area contributed by atoms with Gasteiger partial charge in [0.25, 0.3) is 5.91 Å². The molecule has 1 amide bonds. The van der Waals surface area contributed by atoms with E-state index < -0.39 is 0 Å². The number of nitrogens with one attached hydrogen (secondary N) is 2. The molecule has 0 fully saturated rings. The lowest BCUT2D eigenvalue weighted by atomic mass is 10.0. The quantitative estimate of drug-likeness (QED) is 0.804. The zero-order valence-electron chi connectivity index (χ0n) is 13.9. The minimum Gasteiger partial charge on any atom is -0.355 e. The molecule has 23 heavy (non-hydrogen) atoms. The highest BCUT2D eigenvalue weighted by Gasteiger charge is 2.21. The van der Waals surface area contributed by atoms with Gasteiger partial charge in [-0.3, -0.25) is 9.48 Å². The fourth-order valence-corrected chi connectivity index (χ4v) is 2.26. The first-order valence-corrected chi connectivity index (χ1v) is 7.72. The number of hydrogen-bond acceptors (Lipinski definition) is 6. The lowest BCUT2D eigenvalue weighted by Crippen LogP contribution is -2.31. The summed E-state index contributed by atoms with van der Waals surface area (Å²) in [6.07, 6.45) is 5.30. The highest BCUT2D eigenvalue weighted by Crippen LogP contribution is 2.19. The van der Waals surface area contributed by atoms with Crippen molar-refractivity contribution >= 4 is 11.9 Å². The van der Waals surface area contributed by atoms with Gasteiger partial charge >= 0.3 is 0 Å². The average molecular weight is 317 g/mol. The van der Waals surface area contributed by atoms with Crippen LogP contribution in [-0.2, 0) is 7.05 Å². The van der Waals surface area contributed by atoms with Crippen LogP contribution in [0.5, 0.6) is 0 Å². The van der Waals surface area contributed by atoms with Crippen LogP contribution in [-0.4, -0.2) is 37.2 Å². The minimum atomic E-state index is -0.221. The Kier molecular flexibility index (Phi) is 5.61. The Bertz CT molecular complexity index is 636. The topological polar surface area (TPSA) is 97.6 Å². The lowest BCUT2D eigenvalue weighted by molar-refractivity contribution is 0.0928. The third-order valence-electron chi connectivity index (χ3n) is 3.32. The van der Waals surface area contributed by atoms with Crippen molar-refractivity contribution in [3.63, 3.8) is 0 Å². The number of anilines is 1. The summed E-state index contributed by atoms with van der Waals surface area (Å²) in [5.41, 5.74) is 0.419. The van der Waals surface area contributed by atoms with Crippen LogP contribution in [0, 0.1) is 5.92 Å². The van der Waals surface area contributed by atoms with E-state index in [0.29, 0.717) is 17.4 Å². The standard InChI is InChI=1S/C15H23N7O/c1-5-16-15-17-7-11(8-18-15)14(23)21-12(6-10(2)3)13-19-9-20-22(13)4/h7-10,12H,5-6H2,1-4H3,(H,21,23)(H,16,17,18). The Morgan fingerprint density at radius 3 is 2.48 bits per heavy atom. The van der Waals surface area contributed by atoms with Crippen molar-refractivity contribution in [2.75, 3.05) is 11.9 Å². The molecule has 1 atom stereocenters. The van der Waals surface area contributed by atoms with Crippen molar-refractivity contribution in [1.29, 1.82) is 0 Å². The number of aromatic nitrogens is 5. The first-order chi connectivity index (χ1) is 11.0. The molecule has 1 unspecified atom stereocenters. The van der Waals surface area contributed by atoms with E-state index in [1.807, 2.05) is 14.0 Å². The summed E-state index contributed by atoms with van der Waals surface area (Å²) >= 11 is 0. The van der Waals surface area contributed by atoms with E-state index in [-0.39, 0.29) is 11.9 Å². The zero-order chi connectivity index (χ0) is 16.8. The van der Waals surface area contributed by atoms with E-state index in [0.717, 1.165) is 18.8 Å². The van der Waals surface area contributed by atoms with Crippen LogP contribution in [0.1, 0.15) is 49.4 Å². The van der Waals surface area contributed by atoms with Gasteiger partial charge in [-0.1, -0.05) is 13.8 Å². The van der Waals surface area contributed by atoms with Crippen LogP contribution in [0.3, 0.4) is 0 Å². The highest BCUT2D eigenvalue weighted by atomic mass is 16.1. The number of nitrogens with zero attached hydrogens (tertiary/aromatic N) is 5. The van der Waals surface area contributed by atoms with E-state index in [4.69, 9.17) is 0 Å². The van der Waals surface area contributed by atoms with Crippen LogP contribution in [0.15, 0.2) is 18.7 Å². The largest absolute Gasteiger partial charge is 0.355 e. The molecule has 2 aromatic rings. The molecule has 124 valence electrons. The van der Waals surface area contributed by atoms with Crippen molar-refractivity contribution in [2.24, 2.45) is 13.0 Å². The smallest absolute Gasteiger partial charge is 0.255 e. The molecule has 0 aliphatic heterocycles. The Labute approximate surface area is 135 Å². The minimum absolute atomic E-state index is 0.205. The van der Waals surface area contributed by atoms with Gasteiger partial charge in [-0.15, -0.1) is 0 Å². The lowest BCUT2D eigenvalue weighted by Gasteiger charge is -2.19. The van der Waals surface area contributed by atoms with E-state index in [9.17, 15) is 4.79 Å². The molecular formula is C15H23N7O. The molecule has 8 heteroatoms. The molecule has 8 nitrogen and oxygen atoms in total. The van der Waals surface area contributed by atoms with Crippen LogP contribution in [0.2, 0.25) is 0 Å². The molecule has 0 radical (unpaired) electrons. The monoisotopic (exact) mass is 317 g/mol. The summed E-state index contributed by atoms with van der Waals surface area (Å²) in [6.45, 7) is 6.89. The first-order valence-electron chi connectivity index (χ1n) is 7.72. The van der Waals surface area contributed by atoms with Crippen LogP contribution in [0.25, 0.3) is 0 Å². The fraction of sp³-hybridized carbons (Fsp3) is 0.533. The van der Waals surface area contributed by atoms with Crippen molar-refractivity contribution in [3.8, 4) is 0 Å². The fourth-order valence-electron chi connectivity index (χ4n) is 2.26. The maximum Gasteiger partial charge on any atom is 0.255 e. The molecule has 0 saturated carbocycles. The molecule has 0 aliphatic carbocycles. The molecule has 2 aromatic heterocycles. The third-order valence-corrected chi connectivity index (χ3v) is 3.32. The van der Waals surface area contributed by atoms with Gasteiger partial charge in [-0.05, 0) is 19.3 Å². The number of carbonyl (C=O) groups excluding carboxylic acids is 1. The summed E-state index contributed by atoms with van der Waals surface area (Å²) < 4.78 is 1.68. The molecule has 0 aromatic carbocycles. The molecule has 2 N–H and O–H groups in total. The normalized spacial score (nSPS) is 12.2. The molecule has 0 aliphatic rings. The van der Waals surface area contributed by atoms with Crippen molar-refractivity contribution in [2.45, 2.75) is 33.2 Å². The second-order valence-corrected chi connectivity index (χ2v) is 5.72. The number of amides is 1. The van der Waals surface area contributed by atoms with E-state index in [1.54, 1.807) is 4.68 Å². The van der Waals surface area contributed by atoms with Gasteiger partial charge in [-0.25, -0.2) is 15.0 Å². The summed E-state index contributed by atoms with van der Waals surface area (Å²) in [4.78, 5) is 24.9. The van der Waals surface area contributed by atoms with Crippen LogP contribution < -0.4 is 10.6 Å². The molecule has 2 heterocycles. The summed E-state index contributed by atoms with van der Waals surface area (Å²) in [5, 5.41) is 10.1. The molecule has 0 spiro atoms. The second-order valence-electron chi connectivity index (χ2n) is 5.72. The van der Waals surface area contributed by atoms with Gasteiger partial charge in [0.05, 0.1) is 11.6 Å². The maximum atomic E-state index is 12.4. The SMILES string of the molecule is CCNc1ncc(C(=O)NC(CC(C)C)c2ncnn2C)cn1. The van der Waals surface area contributed by atoms with E-state index >= 15 is 0 Å². The number of hydrogen-bond donors (Lipinski definition) is 2. The zero-order valence-corrected chi connectivity index (χ0v) is 13.9. The Morgan fingerprint density at radius 1 is 1.26 bits per heavy atom.